The van der Waals surface area contributed by atoms with Gasteiger partial charge in [-0.3, -0.25) is 4.79 Å². The lowest BCUT2D eigenvalue weighted by Crippen LogP contribution is -2.27. The standard InChI is InChI=1S/C27H27ClN4OS.C2HF3O2/c28-22-16-30-27(32-24(22)13-20-3-7-23-26(14-20)34-17-31-23)15-19-1-5-21(6-2-19)25(33)8-4-18-9-11-29-12-10-18;3-2(4,5)1(6)7/h1-3,5-7,14,16-18,29H,4,8-13,15H2;(H,6,7). The molecule has 0 unspecified atom stereocenters. The number of aromatic nitrogens is 3. The van der Waals surface area contributed by atoms with E-state index in [1.54, 1.807) is 17.5 Å². The highest BCUT2D eigenvalue weighted by Crippen LogP contribution is 2.24. The summed E-state index contributed by atoms with van der Waals surface area (Å²) in [6, 6.07) is 14.1. The molecule has 7 nitrogen and oxygen atoms in total. The number of fused-ring (bicyclic) bond motifs is 1. The molecule has 216 valence electrons. The van der Waals surface area contributed by atoms with Gasteiger partial charge >= 0.3 is 12.1 Å². The zero-order valence-electron chi connectivity index (χ0n) is 22.0. The number of nitrogens with one attached hydrogen (secondary N) is 1. The van der Waals surface area contributed by atoms with E-state index in [1.807, 2.05) is 35.8 Å². The highest BCUT2D eigenvalue weighted by Gasteiger charge is 2.38. The first kappa shape index (κ1) is 30.5. The Balaban J connectivity index is 0.000000493. The Morgan fingerprint density at radius 3 is 2.39 bits per heavy atom. The van der Waals surface area contributed by atoms with Crippen LogP contribution in [0, 0.1) is 5.92 Å². The maximum atomic E-state index is 12.6. The van der Waals surface area contributed by atoms with Crippen LogP contribution in [0.4, 0.5) is 13.2 Å². The molecule has 0 spiro atoms. The van der Waals surface area contributed by atoms with E-state index >= 15 is 0 Å². The van der Waals surface area contributed by atoms with Crippen molar-refractivity contribution >= 4 is 44.9 Å². The van der Waals surface area contributed by atoms with E-state index in [1.165, 1.54) is 12.8 Å². The molecule has 1 aliphatic rings. The number of carbonyl (C=O) groups is 2. The summed E-state index contributed by atoms with van der Waals surface area (Å²) in [5.41, 5.74) is 6.70. The van der Waals surface area contributed by atoms with Gasteiger partial charge in [0.25, 0.3) is 0 Å². The second-order valence-electron chi connectivity index (χ2n) is 9.74. The van der Waals surface area contributed by atoms with E-state index in [-0.39, 0.29) is 5.78 Å². The third-order valence-electron chi connectivity index (χ3n) is 6.75. The lowest BCUT2D eigenvalue weighted by molar-refractivity contribution is -0.192. The van der Waals surface area contributed by atoms with Crippen molar-refractivity contribution in [2.75, 3.05) is 13.1 Å². The molecule has 2 aromatic carbocycles. The number of carboxylic acids is 1. The number of alkyl halides is 3. The third kappa shape index (κ3) is 9.04. The van der Waals surface area contributed by atoms with E-state index in [9.17, 15) is 18.0 Å². The number of carbonyl (C=O) groups excluding carboxylic acids is 1. The van der Waals surface area contributed by atoms with Crippen LogP contribution in [0.25, 0.3) is 10.2 Å². The number of carboxylic acid groups (broad SMARTS) is 1. The Hall–Kier alpha value is -3.41. The van der Waals surface area contributed by atoms with Crippen molar-refractivity contribution in [2.24, 2.45) is 5.92 Å². The summed E-state index contributed by atoms with van der Waals surface area (Å²) >= 11 is 8.04. The Labute approximate surface area is 243 Å². The number of benzene rings is 2. The number of hydrogen-bond donors (Lipinski definition) is 2. The summed E-state index contributed by atoms with van der Waals surface area (Å²) in [4.78, 5) is 35.0. The lowest BCUT2D eigenvalue weighted by Gasteiger charge is -2.22. The molecule has 1 fully saturated rings. The number of rotatable bonds is 8. The fourth-order valence-electron chi connectivity index (χ4n) is 4.50. The van der Waals surface area contributed by atoms with E-state index in [0.29, 0.717) is 30.2 Å². The van der Waals surface area contributed by atoms with E-state index in [0.717, 1.165) is 57.9 Å². The van der Waals surface area contributed by atoms with Crippen LogP contribution >= 0.6 is 22.9 Å². The van der Waals surface area contributed by atoms with Crippen molar-refractivity contribution in [3.63, 3.8) is 0 Å². The average molecular weight is 605 g/mol. The van der Waals surface area contributed by atoms with Gasteiger partial charge in [0.15, 0.2) is 5.78 Å². The minimum Gasteiger partial charge on any atom is -0.475 e. The molecule has 12 heteroatoms. The summed E-state index contributed by atoms with van der Waals surface area (Å²) in [6.07, 6.45) is 1.81. The lowest BCUT2D eigenvalue weighted by atomic mass is 9.91. The Kier molecular flexibility index (Phi) is 10.4. The van der Waals surface area contributed by atoms with Gasteiger partial charge in [-0.15, -0.1) is 11.3 Å². The largest absolute Gasteiger partial charge is 0.490 e. The van der Waals surface area contributed by atoms with Gasteiger partial charge in [0.1, 0.15) is 5.82 Å². The highest BCUT2D eigenvalue weighted by atomic mass is 35.5. The Bertz CT molecular complexity index is 1490. The molecule has 3 heterocycles. The van der Waals surface area contributed by atoms with Crippen LogP contribution < -0.4 is 5.32 Å². The van der Waals surface area contributed by atoms with Crippen LogP contribution in [0.5, 0.6) is 0 Å². The van der Waals surface area contributed by atoms with Crippen LogP contribution in [0.15, 0.2) is 54.2 Å². The number of halogens is 4. The van der Waals surface area contributed by atoms with Crippen molar-refractivity contribution in [3.8, 4) is 0 Å². The third-order valence-corrected chi connectivity index (χ3v) is 7.86. The number of aliphatic carboxylic acids is 1. The first-order chi connectivity index (χ1) is 19.6. The van der Waals surface area contributed by atoms with Crippen LogP contribution in [-0.2, 0) is 17.6 Å². The molecule has 1 aliphatic heterocycles. The molecule has 0 atom stereocenters. The molecule has 41 heavy (non-hydrogen) atoms. The zero-order valence-corrected chi connectivity index (χ0v) is 23.5. The monoisotopic (exact) mass is 604 g/mol. The number of piperidine rings is 1. The van der Waals surface area contributed by atoms with Gasteiger partial charge in [-0.2, -0.15) is 13.2 Å². The fraction of sp³-hybridized carbons (Fsp3) is 0.345. The molecule has 5 rings (SSSR count). The van der Waals surface area contributed by atoms with Gasteiger partial charge in [0.2, 0.25) is 0 Å². The van der Waals surface area contributed by atoms with Crippen molar-refractivity contribution in [3.05, 3.63) is 87.4 Å². The van der Waals surface area contributed by atoms with Crippen molar-refractivity contribution in [1.82, 2.24) is 20.3 Å². The predicted molar refractivity (Wildman–Crippen MR) is 152 cm³/mol. The number of thiazole rings is 1. The molecular weight excluding hydrogens is 577 g/mol. The van der Waals surface area contributed by atoms with Crippen LogP contribution in [0.2, 0.25) is 5.02 Å². The van der Waals surface area contributed by atoms with Crippen molar-refractivity contribution in [2.45, 2.75) is 44.7 Å². The molecular formula is C29H28ClF3N4O3S. The summed E-state index contributed by atoms with van der Waals surface area (Å²) < 4.78 is 32.9. The molecule has 1 saturated heterocycles. The van der Waals surface area contributed by atoms with Gasteiger partial charge in [-0.1, -0.05) is 41.9 Å². The van der Waals surface area contributed by atoms with Gasteiger partial charge in [0.05, 0.1) is 26.4 Å². The first-order valence-electron chi connectivity index (χ1n) is 13.0. The van der Waals surface area contributed by atoms with Gasteiger partial charge < -0.3 is 10.4 Å². The maximum absolute atomic E-state index is 12.6. The fourth-order valence-corrected chi connectivity index (χ4v) is 5.40. The second kappa shape index (κ2) is 14.0. The molecule has 0 aliphatic carbocycles. The summed E-state index contributed by atoms with van der Waals surface area (Å²) in [6.45, 7) is 2.15. The zero-order chi connectivity index (χ0) is 29.4. The molecule has 0 amide bonds. The molecule has 0 radical (unpaired) electrons. The van der Waals surface area contributed by atoms with E-state index < -0.39 is 12.1 Å². The molecule has 0 bridgehead atoms. The molecule has 2 N–H and O–H groups in total. The Morgan fingerprint density at radius 2 is 1.71 bits per heavy atom. The van der Waals surface area contributed by atoms with Gasteiger partial charge in [-0.05, 0) is 61.5 Å². The smallest absolute Gasteiger partial charge is 0.475 e. The number of ketones is 1. The van der Waals surface area contributed by atoms with Gasteiger partial charge in [0, 0.05) is 31.0 Å². The summed E-state index contributed by atoms with van der Waals surface area (Å²) in [5.74, 6) is -1.13. The summed E-state index contributed by atoms with van der Waals surface area (Å²) in [7, 11) is 0. The summed E-state index contributed by atoms with van der Waals surface area (Å²) in [5, 5.41) is 11.1. The van der Waals surface area contributed by atoms with E-state index in [4.69, 9.17) is 26.5 Å². The molecule has 0 saturated carbocycles. The first-order valence-corrected chi connectivity index (χ1v) is 14.3. The second-order valence-corrected chi connectivity index (χ2v) is 11.0. The maximum Gasteiger partial charge on any atom is 0.490 e. The number of Topliss-reactive ketones (excluding diaryl/α,β-unsaturated/α-hetero) is 1. The SMILES string of the molecule is O=C(CCC1CCNCC1)c1ccc(Cc2ncc(Cl)c(Cc3ccc4ncsc4c3)n2)cc1.O=C(O)C(F)(F)F. The van der Waals surface area contributed by atoms with Gasteiger partial charge in [-0.25, -0.2) is 19.7 Å². The molecule has 4 aromatic rings. The van der Waals surface area contributed by atoms with Crippen LogP contribution in [0.3, 0.4) is 0 Å². The minimum atomic E-state index is -5.08. The topological polar surface area (TPSA) is 105 Å². The normalized spacial score (nSPS) is 14.0. The predicted octanol–water partition coefficient (Wildman–Crippen LogP) is 6.52. The highest BCUT2D eigenvalue weighted by molar-refractivity contribution is 7.16. The number of nitrogens with zero attached hydrogens (tertiary/aromatic N) is 3. The van der Waals surface area contributed by atoms with Crippen LogP contribution in [0.1, 0.15) is 58.7 Å². The number of hydrogen-bond acceptors (Lipinski definition) is 7. The van der Waals surface area contributed by atoms with Crippen LogP contribution in [-0.4, -0.2) is 51.1 Å². The van der Waals surface area contributed by atoms with Crippen molar-refractivity contribution < 1.29 is 27.9 Å². The average Bonchev–Trinajstić information content (AvgIpc) is 3.42. The Morgan fingerprint density at radius 1 is 1.02 bits per heavy atom. The minimum absolute atomic E-state index is 0.230. The molecule has 2 aromatic heterocycles. The van der Waals surface area contributed by atoms with E-state index in [2.05, 4.69) is 27.4 Å². The quantitative estimate of drug-likeness (QED) is 0.221. The van der Waals surface area contributed by atoms with Crippen molar-refractivity contribution in [1.29, 1.82) is 0 Å².